The largest absolute Gasteiger partial charge is 0.399 e. The number of nitrogens with two attached hydrogens (primary N) is 1. The summed E-state index contributed by atoms with van der Waals surface area (Å²) >= 11 is 0. The zero-order valence-corrected chi connectivity index (χ0v) is 9.65. The number of hydrogen-bond donors (Lipinski definition) is 1. The van der Waals surface area contributed by atoms with Gasteiger partial charge in [0.25, 0.3) is 0 Å². The second-order valence-electron chi connectivity index (χ2n) is 4.91. The number of ether oxygens (including phenoxy) is 1. The lowest BCUT2D eigenvalue weighted by Gasteiger charge is -2.34. The molecular weight excluding hydrogens is 200 g/mol. The molecule has 86 valence electrons. The van der Waals surface area contributed by atoms with Crippen LogP contribution in [0.25, 0.3) is 0 Å². The molecule has 2 aliphatic heterocycles. The predicted octanol–water partition coefficient (Wildman–Crippen LogP) is 1.94. The van der Waals surface area contributed by atoms with Gasteiger partial charge in [0.1, 0.15) is 0 Å². The molecule has 2 saturated heterocycles. The van der Waals surface area contributed by atoms with E-state index in [1.807, 2.05) is 6.07 Å². The first-order valence-corrected chi connectivity index (χ1v) is 5.99. The van der Waals surface area contributed by atoms with Gasteiger partial charge >= 0.3 is 0 Å². The number of anilines is 2. The summed E-state index contributed by atoms with van der Waals surface area (Å²) in [5, 5.41) is 0. The maximum atomic E-state index is 5.86. The van der Waals surface area contributed by atoms with E-state index in [0.29, 0.717) is 12.2 Å². The van der Waals surface area contributed by atoms with Crippen LogP contribution < -0.4 is 10.6 Å². The molecule has 2 bridgehead atoms. The van der Waals surface area contributed by atoms with Crippen LogP contribution in [-0.4, -0.2) is 25.3 Å². The van der Waals surface area contributed by atoms with Crippen molar-refractivity contribution in [1.29, 1.82) is 0 Å². The highest BCUT2D eigenvalue weighted by Crippen LogP contribution is 2.31. The predicted molar refractivity (Wildman–Crippen MR) is 65.7 cm³/mol. The van der Waals surface area contributed by atoms with Crippen LogP contribution in [0.4, 0.5) is 11.4 Å². The Morgan fingerprint density at radius 1 is 1.25 bits per heavy atom. The molecular formula is C13H18N2O. The Kier molecular flexibility index (Phi) is 2.28. The number of nitrogen functional groups attached to an aromatic ring is 1. The topological polar surface area (TPSA) is 38.5 Å². The van der Waals surface area contributed by atoms with Gasteiger partial charge in [0.15, 0.2) is 0 Å². The first kappa shape index (κ1) is 9.97. The summed E-state index contributed by atoms with van der Waals surface area (Å²) in [5.74, 6) is 0. The Morgan fingerprint density at radius 3 is 2.62 bits per heavy atom. The number of hydrogen-bond acceptors (Lipinski definition) is 3. The third-order valence-electron chi connectivity index (χ3n) is 3.62. The maximum Gasteiger partial charge on any atom is 0.0755 e. The van der Waals surface area contributed by atoms with E-state index in [-0.39, 0.29) is 0 Å². The van der Waals surface area contributed by atoms with Crippen molar-refractivity contribution in [3.63, 3.8) is 0 Å². The molecule has 1 aromatic carbocycles. The monoisotopic (exact) mass is 218 g/mol. The van der Waals surface area contributed by atoms with Gasteiger partial charge in [0.2, 0.25) is 0 Å². The van der Waals surface area contributed by atoms with Crippen molar-refractivity contribution < 1.29 is 4.74 Å². The Morgan fingerprint density at radius 2 is 1.94 bits per heavy atom. The lowest BCUT2D eigenvalue weighted by Crippen LogP contribution is -2.42. The Balaban J connectivity index is 1.89. The highest BCUT2D eigenvalue weighted by molar-refractivity contribution is 5.61. The van der Waals surface area contributed by atoms with E-state index in [1.54, 1.807) is 0 Å². The van der Waals surface area contributed by atoms with Gasteiger partial charge < -0.3 is 15.4 Å². The minimum Gasteiger partial charge on any atom is -0.399 e. The summed E-state index contributed by atoms with van der Waals surface area (Å²) < 4.78 is 5.85. The van der Waals surface area contributed by atoms with Gasteiger partial charge in [-0.1, -0.05) is 6.07 Å². The third kappa shape index (κ3) is 1.65. The molecule has 0 saturated carbocycles. The van der Waals surface area contributed by atoms with E-state index in [4.69, 9.17) is 10.5 Å². The molecule has 0 aromatic heterocycles. The van der Waals surface area contributed by atoms with Crippen molar-refractivity contribution in [2.45, 2.75) is 32.0 Å². The molecule has 2 fully saturated rings. The van der Waals surface area contributed by atoms with E-state index in [2.05, 4.69) is 24.0 Å². The smallest absolute Gasteiger partial charge is 0.0755 e. The van der Waals surface area contributed by atoms with Crippen LogP contribution in [0.1, 0.15) is 18.4 Å². The summed E-state index contributed by atoms with van der Waals surface area (Å²) in [4.78, 5) is 2.43. The molecule has 2 unspecified atom stereocenters. The van der Waals surface area contributed by atoms with E-state index in [1.165, 1.54) is 24.1 Å². The molecule has 0 spiro atoms. The molecule has 2 N–H and O–H groups in total. The van der Waals surface area contributed by atoms with E-state index in [9.17, 15) is 0 Å². The van der Waals surface area contributed by atoms with Crippen molar-refractivity contribution in [2.24, 2.45) is 0 Å². The van der Waals surface area contributed by atoms with Gasteiger partial charge in [-0.15, -0.1) is 0 Å². The molecule has 3 rings (SSSR count). The average molecular weight is 218 g/mol. The van der Waals surface area contributed by atoms with Gasteiger partial charge in [-0.3, -0.25) is 0 Å². The fourth-order valence-electron chi connectivity index (χ4n) is 2.78. The van der Waals surface area contributed by atoms with Gasteiger partial charge in [-0.25, -0.2) is 0 Å². The quantitative estimate of drug-likeness (QED) is 0.732. The van der Waals surface area contributed by atoms with E-state index < -0.39 is 0 Å². The second kappa shape index (κ2) is 3.67. The lowest BCUT2D eigenvalue weighted by atomic mass is 10.1. The summed E-state index contributed by atoms with van der Waals surface area (Å²) in [6, 6.07) is 6.15. The van der Waals surface area contributed by atoms with Crippen LogP contribution in [-0.2, 0) is 4.74 Å². The minimum absolute atomic E-state index is 0.430. The first-order chi connectivity index (χ1) is 7.72. The number of morpholine rings is 1. The lowest BCUT2D eigenvalue weighted by molar-refractivity contribution is 0.0304. The van der Waals surface area contributed by atoms with Gasteiger partial charge in [0, 0.05) is 24.5 Å². The third-order valence-corrected chi connectivity index (χ3v) is 3.62. The molecule has 1 aromatic rings. The van der Waals surface area contributed by atoms with Crippen LogP contribution in [0.3, 0.4) is 0 Å². The first-order valence-electron chi connectivity index (χ1n) is 5.99. The molecule has 0 aliphatic carbocycles. The number of rotatable bonds is 1. The Hall–Kier alpha value is -1.22. The number of aryl methyl sites for hydroxylation is 1. The number of fused-ring (bicyclic) bond motifs is 2. The van der Waals surface area contributed by atoms with Gasteiger partial charge in [0.05, 0.1) is 12.2 Å². The van der Waals surface area contributed by atoms with Crippen LogP contribution in [0.15, 0.2) is 18.2 Å². The van der Waals surface area contributed by atoms with Crippen molar-refractivity contribution in [2.75, 3.05) is 23.7 Å². The molecule has 0 radical (unpaired) electrons. The molecule has 3 heteroatoms. The van der Waals surface area contributed by atoms with Crippen molar-refractivity contribution in [1.82, 2.24) is 0 Å². The zero-order valence-electron chi connectivity index (χ0n) is 9.65. The zero-order chi connectivity index (χ0) is 11.1. The van der Waals surface area contributed by atoms with Crippen LogP contribution >= 0.6 is 0 Å². The normalized spacial score (nSPS) is 28.4. The van der Waals surface area contributed by atoms with Gasteiger partial charge in [-0.05, 0) is 37.5 Å². The Bertz CT molecular complexity index is 393. The van der Waals surface area contributed by atoms with Crippen LogP contribution in [0, 0.1) is 6.92 Å². The summed E-state index contributed by atoms with van der Waals surface area (Å²) in [6.07, 6.45) is 3.28. The number of nitrogens with zero attached hydrogens (tertiary/aromatic N) is 1. The van der Waals surface area contributed by atoms with Crippen molar-refractivity contribution in [3.05, 3.63) is 23.8 Å². The highest BCUT2D eigenvalue weighted by Gasteiger charge is 2.34. The van der Waals surface area contributed by atoms with Crippen LogP contribution in [0.5, 0.6) is 0 Å². The molecule has 2 atom stereocenters. The highest BCUT2D eigenvalue weighted by atomic mass is 16.5. The maximum absolute atomic E-state index is 5.86. The number of benzene rings is 1. The summed E-state index contributed by atoms with van der Waals surface area (Å²) in [7, 11) is 0. The standard InChI is InChI=1S/C13H18N2O/c1-9-2-3-10(14)6-13(9)15-7-11-4-5-12(8-15)16-11/h2-3,6,11-12H,4-5,7-8,14H2,1H3. The summed E-state index contributed by atoms with van der Waals surface area (Å²) in [5.41, 5.74) is 9.29. The molecule has 16 heavy (non-hydrogen) atoms. The molecule has 2 aliphatic rings. The van der Waals surface area contributed by atoms with Crippen molar-refractivity contribution in [3.8, 4) is 0 Å². The summed E-state index contributed by atoms with van der Waals surface area (Å²) in [6.45, 7) is 4.17. The Labute approximate surface area is 96.2 Å². The van der Waals surface area contributed by atoms with Gasteiger partial charge in [-0.2, -0.15) is 0 Å². The minimum atomic E-state index is 0.430. The van der Waals surface area contributed by atoms with E-state index in [0.717, 1.165) is 18.8 Å². The average Bonchev–Trinajstić information content (AvgIpc) is 2.61. The fraction of sp³-hybridized carbons (Fsp3) is 0.538. The van der Waals surface area contributed by atoms with Crippen LogP contribution in [0.2, 0.25) is 0 Å². The fourth-order valence-corrected chi connectivity index (χ4v) is 2.78. The van der Waals surface area contributed by atoms with E-state index >= 15 is 0 Å². The van der Waals surface area contributed by atoms with Crippen molar-refractivity contribution >= 4 is 11.4 Å². The molecule has 2 heterocycles. The second-order valence-corrected chi connectivity index (χ2v) is 4.91. The SMILES string of the molecule is Cc1ccc(N)cc1N1CC2CCC(C1)O2. The molecule has 0 amide bonds. The molecule has 3 nitrogen and oxygen atoms in total.